The molecule has 5 heteroatoms. The van der Waals surface area contributed by atoms with Crippen molar-refractivity contribution in [3.05, 3.63) is 41.0 Å². The first kappa shape index (κ1) is 11.6. The fourth-order valence-corrected chi connectivity index (χ4v) is 2.51. The summed E-state index contributed by atoms with van der Waals surface area (Å²) in [5, 5.41) is 11.1. The number of nitrogens with one attached hydrogen (secondary N) is 1. The third-order valence-electron chi connectivity index (χ3n) is 3.48. The number of hydrogen-bond acceptors (Lipinski definition) is 4. The number of carbonyl (C=O) groups is 3. The predicted octanol–water partition coefficient (Wildman–Crippen LogP) is 0.167. The molecule has 2 aromatic carbocycles. The molecule has 2 aromatic rings. The van der Waals surface area contributed by atoms with Crippen LogP contribution in [0, 0.1) is 0 Å². The highest BCUT2D eigenvalue weighted by Crippen LogP contribution is 2.35. The van der Waals surface area contributed by atoms with Crippen LogP contribution in [-0.4, -0.2) is 30.3 Å². The molecule has 0 saturated heterocycles. The topological polar surface area (TPSA) is 75.9 Å². The number of imide groups is 1. The van der Waals surface area contributed by atoms with E-state index in [-0.39, 0.29) is 27.5 Å². The third kappa shape index (κ3) is 1.30. The van der Waals surface area contributed by atoms with E-state index in [0.717, 1.165) is 0 Å². The molecule has 94 valence electrons. The molecule has 1 heterocycles. The molecule has 1 aliphatic heterocycles. The van der Waals surface area contributed by atoms with Crippen molar-refractivity contribution in [2.75, 3.05) is 7.05 Å². The zero-order valence-corrected chi connectivity index (χ0v) is 10.1. The Morgan fingerprint density at radius 1 is 1.05 bits per heavy atom. The van der Waals surface area contributed by atoms with Crippen molar-refractivity contribution in [1.29, 1.82) is 0 Å². The lowest BCUT2D eigenvalue weighted by molar-refractivity contribution is -0.694. The number of hydrogen-bond donors (Lipinski definition) is 2. The van der Waals surface area contributed by atoms with Gasteiger partial charge in [0.05, 0.1) is 12.6 Å². The van der Waals surface area contributed by atoms with Crippen LogP contribution in [0.2, 0.25) is 0 Å². The van der Waals surface area contributed by atoms with Gasteiger partial charge in [-0.05, 0) is 5.39 Å². The number of amides is 2. The van der Waals surface area contributed by atoms with Crippen molar-refractivity contribution in [2.24, 2.45) is 0 Å². The van der Waals surface area contributed by atoms with Crippen LogP contribution in [0.5, 0.6) is 5.75 Å². The molecule has 0 spiro atoms. The summed E-state index contributed by atoms with van der Waals surface area (Å²) in [6.45, 7) is 0. The predicted molar refractivity (Wildman–Crippen MR) is 66.5 cm³/mol. The SMILES string of the molecule is C[NH+]1C(=O)c2c(O)c(C=O)c3ccccc3c2C1=O. The van der Waals surface area contributed by atoms with Gasteiger partial charge in [-0.3, -0.25) is 4.79 Å². The van der Waals surface area contributed by atoms with Gasteiger partial charge >= 0.3 is 11.8 Å². The van der Waals surface area contributed by atoms with Gasteiger partial charge in [0.25, 0.3) is 0 Å². The lowest BCUT2D eigenvalue weighted by Crippen LogP contribution is -3.12. The highest BCUT2D eigenvalue weighted by molar-refractivity contribution is 6.22. The van der Waals surface area contributed by atoms with Gasteiger partial charge in [0.2, 0.25) is 0 Å². The van der Waals surface area contributed by atoms with Gasteiger partial charge in [0, 0.05) is 5.39 Å². The zero-order valence-electron chi connectivity index (χ0n) is 10.1. The van der Waals surface area contributed by atoms with E-state index in [0.29, 0.717) is 17.1 Å². The summed E-state index contributed by atoms with van der Waals surface area (Å²) in [6, 6.07) is 6.74. The molecule has 3 rings (SSSR count). The van der Waals surface area contributed by atoms with Crippen molar-refractivity contribution in [1.82, 2.24) is 0 Å². The monoisotopic (exact) mass is 256 g/mol. The number of fused-ring (bicyclic) bond motifs is 3. The number of benzene rings is 2. The summed E-state index contributed by atoms with van der Waals surface area (Å²) in [5.41, 5.74) is 0.190. The minimum atomic E-state index is -0.508. The van der Waals surface area contributed by atoms with Crippen molar-refractivity contribution in [3.8, 4) is 5.75 Å². The molecule has 1 atom stereocenters. The first-order valence-electron chi connectivity index (χ1n) is 5.73. The van der Waals surface area contributed by atoms with E-state index in [9.17, 15) is 19.5 Å². The van der Waals surface area contributed by atoms with Crippen molar-refractivity contribution in [2.45, 2.75) is 0 Å². The standard InChI is InChI=1S/C14H9NO4/c1-15-13(18)10-8-5-3-2-4-7(8)9(6-16)12(17)11(10)14(15)19/h2-6,17H,1H3/p+1. The lowest BCUT2D eigenvalue weighted by atomic mass is 9.95. The Bertz CT molecular complexity index is 764. The molecule has 0 aromatic heterocycles. The summed E-state index contributed by atoms with van der Waals surface area (Å²) < 4.78 is 0. The molecule has 2 N–H and O–H groups in total. The number of phenols is 1. The number of aromatic hydroxyl groups is 1. The Hall–Kier alpha value is -2.53. The Morgan fingerprint density at radius 3 is 2.26 bits per heavy atom. The second-order valence-corrected chi connectivity index (χ2v) is 4.46. The Balaban J connectivity index is 2.58. The summed E-state index contributed by atoms with van der Waals surface area (Å²) in [6.07, 6.45) is 0.503. The fraction of sp³-hybridized carbons (Fsp3) is 0.0714. The molecule has 1 unspecified atom stereocenters. The quantitative estimate of drug-likeness (QED) is 0.563. The molecule has 1 aliphatic rings. The fourth-order valence-electron chi connectivity index (χ4n) is 2.51. The van der Waals surface area contributed by atoms with Crippen LogP contribution >= 0.6 is 0 Å². The van der Waals surface area contributed by atoms with E-state index in [1.165, 1.54) is 7.05 Å². The summed E-state index contributed by atoms with van der Waals surface area (Å²) in [5.74, 6) is -1.30. The van der Waals surface area contributed by atoms with Gasteiger partial charge in [-0.25, -0.2) is 14.5 Å². The summed E-state index contributed by atoms with van der Waals surface area (Å²) in [4.78, 5) is 35.3. The minimum absolute atomic E-state index is 0.0465. The Kier molecular flexibility index (Phi) is 2.27. The highest BCUT2D eigenvalue weighted by Gasteiger charge is 2.44. The molecule has 0 aliphatic carbocycles. The summed E-state index contributed by atoms with van der Waals surface area (Å²) in [7, 11) is 1.43. The first-order valence-corrected chi connectivity index (χ1v) is 5.73. The van der Waals surface area contributed by atoms with Crippen LogP contribution in [0.1, 0.15) is 31.1 Å². The van der Waals surface area contributed by atoms with Crippen LogP contribution in [-0.2, 0) is 0 Å². The van der Waals surface area contributed by atoms with Gasteiger partial charge in [-0.1, -0.05) is 24.3 Å². The van der Waals surface area contributed by atoms with Gasteiger partial charge < -0.3 is 5.11 Å². The third-order valence-corrected chi connectivity index (χ3v) is 3.48. The van der Waals surface area contributed by atoms with E-state index in [2.05, 4.69) is 0 Å². The van der Waals surface area contributed by atoms with E-state index >= 15 is 0 Å². The maximum absolute atomic E-state index is 12.1. The second kappa shape index (κ2) is 3.73. The van der Waals surface area contributed by atoms with Gasteiger partial charge in [-0.2, -0.15) is 0 Å². The number of rotatable bonds is 1. The molecule has 0 bridgehead atoms. The zero-order chi connectivity index (χ0) is 13.7. The van der Waals surface area contributed by atoms with E-state index in [1.54, 1.807) is 24.3 Å². The smallest absolute Gasteiger partial charge is 0.356 e. The molecular formula is C14H10NO4+. The lowest BCUT2D eigenvalue weighted by Gasteiger charge is -2.06. The van der Waals surface area contributed by atoms with Crippen LogP contribution < -0.4 is 4.90 Å². The molecule has 5 nitrogen and oxygen atoms in total. The molecule has 0 fully saturated rings. The Labute approximate surface area is 108 Å². The second-order valence-electron chi connectivity index (χ2n) is 4.46. The van der Waals surface area contributed by atoms with Crippen LogP contribution in [0.4, 0.5) is 0 Å². The maximum atomic E-state index is 12.1. The van der Waals surface area contributed by atoms with E-state index in [1.807, 2.05) is 0 Å². The molecular weight excluding hydrogens is 246 g/mol. The first-order chi connectivity index (χ1) is 9.07. The molecule has 0 radical (unpaired) electrons. The number of aldehydes is 1. The van der Waals surface area contributed by atoms with E-state index < -0.39 is 11.7 Å². The van der Waals surface area contributed by atoms with Gasteiger partial charge in [0.1, 0.15) is 16.9 Å². The number of carbonyl (C=O) groups excluding carboxylic acids is 3. The maximum Gasteiger partial charge on any atom is 0.356 e. The van der Waals surface area contributed by atoms with Gasteiger partial charge in [-0.15, -0.1) is 0 Å². The van der Waals surface area contributed by atoms with E-state index in [4.69, 9.17) is 0 Å². The molecule has 2 amide bonds. The van der Waals surface area contributed by atoms with Crippen LogP contribution in [0.15, 0.2) is 24.3 Å². The van der Waals surface area contributed by atoms with Crippen LogP contribution in [0.25, 0.3) is 10.8 Å². The van der Waals surface area contributed by atoms with Crippen molar-refractivity contribution < 1.29 is 24.4 Å². The normalized spacial score (nSPS) is 17.8. The molecule has 19 heavy (non-hydrogen) atoms. The highest BCUT2D eigenvalue weighted by atomic mass is 16.3. The van der Waals surface area contributed by atoms with Crippen molar-refractivity contribution in [3.63, 3.8) is 0 Å². The molecule has 0 saturated carbocycles. The van der Waals surface area contributed by atoms with Gasteiger partial charge in [0.15, 0.2) is 6.29 Å². The average molecular weight is 256 g/mol. The number of quaternary nitrogens is 1. The summed E-state index contributed by atoms with van der Waals surface area (Å²) >= 11 is 0. The largest absolute Gasteiger partial charge is 0.506 e. The van der Waals surface area contributed by atoms with Crippen molar-refractivity contribution >= 4 is 28.9 Å². The Morgan fingerprint density at radius 2 is 1.63 bits per heavy atom. The minimum Gasteiger partial charge on any atom is -0.506 e. The average Bonchev–Trinajstić information content (AvgIpc) is 2.65. The van der Waals surface area contributed by atoms with Crippen LogP contribution in [0.3, 0.4) is 0 Å². The number of phenolic OH excluding ortho intramolecular Hbond substituents is 1.